The number of hydrogen-bond donors (Lipinski definition) is 1. The van der Waals surface area contributed by atoms with Gasteiger partial charge in [0.2, 0.25) is 0 Å². The second-order valence-electron chi connectivity index (χ2n) is 5.95. The smallest absolute Gasteiger partial charge is 0.128 e. The van der Waals surface area contributed by atoms with E-state index in [0.717, 1.165) is 24.9 Å². The maximum absolute atomic E-state index is 4.44. The third-order valence-corrected chi connectivity index (χ3v) is 4.53. The van der Waals surface area contributed by atoms with Crippen molar-refractivity contribution < 1.29 is 0 Å². The van der Waals surface area contributed by atoms with Crippen molar-refractivity contribution in [1.29, 1.82) is 0 Å². The summed E-state index contributed by atoms with van der Waals surface area (Å²) < 4.78 is 0. The summed E-state index contributed by atoms with van der Waals surface area (Å²) in [5.74, 6) is 1.13. The lowest BCUT2D eigenvalue weighted by atomic mass is 10.1. The number of nitrogens with one attached hydrogen (secondary N) is 1. The van der Waals surface area contributed by atoms with Crippen LogP contribution in [0.2, 0.25) is 0 Å². The Morgan fingerprint density at radius 2 is 2.10 bits per heavy atom. The van der Waals surface area contributed by atoms with Crippen molar-refractivity contribution in [1.82, 2.24) is 15.2 Å². The van der Waals surface area contributed by atoms with E-state index in [1.165, 1.54) is 51.9 Å². The summed E-state index contributed by atoms with van der Waals surface area (Å²) in [4.78, 5) is 9.44. The number of anilines is 1. The number of aromatic nitrogens is 1. The summed E-state index contributed by atoms with van der Waals surface area (Å²) >= 11 is 0. The lowest BCUT2D eigenvalue weighted by Crippen LogP contribution is -2.47. The van der Waals surface area contributed by atoms with Gasteiger partial charge in [-0.3, -0.25) is 4.90 Å². The van der Waals surface area contributed by atoms with Gasteiger partial charge in [-0.05, 0) is 50.9 Å². The van der Waals surface area contributed by atoms with Crippen molar-refractivity contribution in [3.8, 4) is 0 Å². The van der Waals surface area contributed by atoms with Gasteiger partial charge in [0.25, 0.3) is 0 Å². The average Bonchev–Trinajstić information content (AvgIpc) is 3.02. The number of piperazine rings is 1. The molecular formula is C16H26N4. The van der Waals surface area contributed by atoms with Gasteiger partial charge in [-0.2, -0.15) is 0 Å². The van der Waals surface area contributed by atoms with Crippen molar-refractivity contribution in [2.24, 2.45) is 0 Å². The zero-order chi connectivity index (χ0) is 13.6. The molecule has 4 heteroatoms. The van der Waals surface area contributed by atoms with Crippen LogP contribution in [-0.4, -0.2) is 55.2 Å². The molecule has 2 aliphatic heterocycles. The Labute approximate surface area is 122 Å². The van der Waals surface area contributed by atoms with E-state index in [0.29, 0.717) is 0 Å². The standard InChI is InChI=1S/C16H26N4/c1-2-8-18-16(7-1)20-13-11-19(12-14-20)10-4-6-15-5-3-9-17-15/h1-2,7-8,15,17H,3-6,9-14H2. The van der Waals surface area contributed by atoms with Gasteiger partial charge in [0.1, 0.15) is 5.82 Å². The van der Waals surface area contributed by atoms with Crippen molar-refractivity contribution >= 4 is 5.82 Å². The van der Waals surface area contributed by atoms with Crippen LogP contribution in [0.3, 0.4) is 0 Å². The number of nitrogens with zero attached hydrogens (tertiary/aromatic N) is 3. The summed E-state index contributed by atoms with van der Waals surface area (Å²) in [5.41, 5.74) is 0. The molecule has 4 nitrogen and oxygen atoms in total. The Balaban J connectivity index is 1.36. The van der Waals surface area contributed by atoms with Gasteiger partial charge < -0.3 is 10.2 Å². The molecule has 0 aromatic carbocycles. The molecule has 110 valence electrons. The summed E-state index contributed by atoms with van der Waals surface area (Å²) in [6.07, 6.45) is 7.32. The molecule has 3 heterocycles. The molecule has 0 amide bonds. The van der Waals surface area contributed by atoms with Crippen LogP contribution >= 0.6 is 0 Å². The van der Waals surface area contributed by atoms with Crippen LogP contribution in [0.1, 0.15) is 25.7 Å². The minimum Gasteiger partial charge on any atom is -0.354 e. The van der Waals surface area contributed by atoms with E-state index in [4.69, 9.17) is 0 Å². The maximum atomic E-state index is 4.44. The highest BCUT2D eigenvalue weighted by molar-refractivity contribution is 5.38. The minimum absolute atomic E-state index is 0.796. The highest BCUT2D eigenvalue weighted by atomic mass is 15.3. The van der Waals surface area contributed by atoms with Gasteiger partial charge in [-0.25, -0.2) is 4.98 Å². The fourth-order valence-corrected chi connectivity index (χ4v) is 3.31. The first-order chi connectivity index (χ1) is 9.92. The van der Waals surface area contributed by atoms with Crippen molar-refractivity contribution in [3.05, 3.63) is 24.4 Å². The summed E-state index contributed by atoms with van der Waals surface area (Å²) in [6, 6.07) is 6.96. The molecular weight excluding hydrogens is 248 g/mol. The molecule has 0 spiro atoms. The highest BCUT2D eigenvalue weighted by Crippen LogP contribution is 2.14. The third-order valence-electron chi connectivity index (χ3n) is 4.53. The summed E-state index contributed by atoms with van der Waals surface area (Å²) in [6.45, 7) is 7.06. The Bertz CT molecular complexity index is 381. The molecule has 2 saturated heterocycles. The number of hydrogen-bond acceptors (Lipinski definition) is 4. The molecule has 0 aliphatic carbocycles. The van der Waals surface area contributed by atoms with E-state index in [1.54, 1.807) is 0 Å². The molecule has 2 aliphatic rings. The second-order valence-corrected chi connectivity index (χ2v) is 5.95. The fraction of sp³-hybridized carbons (Fsp3) is 0.688. The number of rotatable bonds is 5. The third kappa shape index (κ3) is 3.70. The Hall–Kier alpha value is -1.13. The number of pyridine rings is 1. The molecule has 0 saturated carbocycles. The normalized spacial score (nSPS) is 24.2. The van der Waals surface area contributed by atoms with Crippen LogP contribution in [0, 0.1) is 0 Å². The molecule has 1 atom stereocenters. The zero-order valence-corrected chi connectivity index (χ0v) is 12.3. The molecule has 0 radical (unpaired) electrons. The molecule has 2 fully saturated rings. The minimum atomic E-state index is 0.796. The van der Waals surface area contributed by atoms with Crippen LogP contribution in [0.5, 0.6) is 0 Å². The molecule has 3 rings (SSSR count). The fourth-order valence-electron chi connectivity index (χ4n) is 3.31. The molecule has 1 aromatic heterocycles. The quantitative estimate of drug-likeness (QED) is 0.886. The van der Waals surface area contributed by atoms with Crippen LogP contribution < -0.4 is 10.2 Å². The largest absolute Gasteiger partial charge is 0.354 e. The van der Waals surface area contributed by atoms with Crippen molar-refractivity contribution in [2.75, 3.05) is 44.2 Å². The van der Waals surface area contributed by atoms with Crippen LogP contribution in [-0.2, 0) is 0 Å². The summed E-state index contributed by atoms with van der Waals surface area (Å²) in [7, 11) is 0. The van der Waals surface area contributed by atoms with Crippen molar-refractivity contribution in [3.63, 3.8) is 0 Å². The Morgan fingerprint density at radius 3 is 2.80 bits per heavy atom. The highest BCUT2D eigenvalue weighted by Gasteiger charge is 2.18. The first kappa shape index (κ1) is 13.8. The van der Waals surface area contributed by atoms with Gasteiger partial charge in [0.15, 0.2) is 0 Å². The van der Waals surface area contributed by atoms with Gasteiger partial charge in [-0.15, -0.1) is 0 Å². The monoisotopic (exact) mass is 274 g/mol. The molecule has 0 bridgehead atoms. The first-order valence-electron chi connectivity index (χ1n) is 8.03. The van der Waals surface area contributed by atoms with E-state index in [2.05, 4.69) is 32.2 Å². The van der Waals surface area contributed by atoms with E-state index < -0.39 is 0 Å². The maximum Gasteiger partial charge on any atom is 0.128 e. The molecule has 1 aromatic rings. The Morgan fingerprint density at radius 1 is 1.20 bits per heavy atom. The summed E-state index contributed by atoms with van der Waals surface area (Å²) in [5, 5.41) is 3.59. The van der Waals surface area contributed by atoms with E-state index in [-0.39, 0.29) is 0 Å². The van der Waals surface area contributed by atoms with E-state index in [9.17, 15) is 0 Å². The van der Waals surface area contributed by atoms with E-state index >= 15 is 0 Å². The topological polar surface area (TPSA) is 31.4 Å². The molecule has 1 unspecified atom stereocenters. The zero-order valence-electron chi connectivity index (χ0n) is 12.3. The van der Waals surface area contributed by atoms with Crippen LogP contribution in [0.4, 0.5) is 5.82 Å². The Kier molecular flexibility index (Phi) is 4.87. The van der Waals surface area contributed by atoms with Gasteiger partial charge in [0.05, 0.1) is 0 Å². The van der Waals surface area contributed by atoms with Gasteiger partial charge in [0, 0.05) is 38.4 Å². The SMILES string of the molecule is c1ccc(N2CCN(CCCC3CCCN3)CC2)nc1. The van der Waals surface area contributed by atoms with Crippen LogP contribution in [0.15, 0.2) is 24.4 Å². The predicted molar refractivity (Wildman–Crippen MR) is 83.1 cm³/mol. The second kappa shape index (κ2) is 7.04. The first-order valence-corrected chi connectivity index (χ1v) is 8.03. The van der Waals surface area contributed by atoms with Crippen molar-refractivity contribution in [2.45, 2.75) is 31.7 Å². The average molecular weight is 274 g/mol. The lowest BCUT2D eigenvalue weighted by Gasteiger charge is -2.35. The van der Waals surface area contributed by atoms with E-state index in [1.807, 2.05) is 12.3 Å². The molecule has 1 N–H and O–H groups in total. The van der Waals surface area contributed by atoms with Gasteiger partial charge >= 0.3 is 0 Å². The van der Waals surface area contributed by atoms with Gasteiger partial charge in [-0.1, -0.05) is 6.07 Å². The lowest BCUT2D eigenvalue weighted by molar-refractivity contribution is 0.249. The van der Waals surface area contributed by atoms with Crippen LogP contribution in [0.25, 0.3) is 0 Å². The molecule has 20 heavy (non-hydrogen) atoms. The predicted octanol–water partition coefficient (Wildman–Crippen LogP) is 1.74.